The second kappa shape index (κ2) is 6.26. The van der Waals surface area contributed by atoms with Crippen molar-refractivity contribution in [1.29, 1.82) is 0 Å². The van der Waals surface area contributed by atoms with Gasteiger partial charge < -0.3 is 16.0 Å². The fourth-order valence-corrected chi connectivity index (χ4v) is 2.39. The Kier molecular flexibility index (Phi) is 4.63. The Morgan fingerprint density at radius 3 is 2.52 bits per heavy atom. The van der Waals surface area contributed by atoms with Crippen LogP contribution in [0.1, 0.15) is 38.7 Å². The van der Waals surface area contributed by atoms with E-state index in [2.05, 4.69) is 5.32 Å². The number of nitrogens with two attached hydrogens (primary N) is 1. The zero-order valence-corrected chi connectivity index (χ0v) is 12.7. The predicted molar refractivity (Wildman–Crippen MR) is 82.8 cm³/mol. The molecule has 0 bridgehead atoms. The molecule has 2 rings (SSSR count). The van der Waals surface area contributed by atoms with Gasteiger partial charge in [-0.25, -0.2) is 0 Å². The van der Waals surface area contributed by atoms with Crippen LogP contribution in [-0.2, 0) is 16.1 Å². The first-order chi connectivity index (χ1) is 9.85. The van der Waals surface area contributed by atoms with Crippen LogP contribution in [0.5, 0.6) is 0 Å². The third-order valence-electron chi connectivity index (χ3n) is 3.43. The molecule has 0 unspecified atom stereocenters. The van der Waals surface area contributed by atoms with Crippen LogP contribution in [0.2, 0.25) is 0 Å². The van der Waals surface area contributed by atoms with Crippen molar-refractivity contribution < 1.29 is 9.59 Å². The molecule has 114 valence electrons. The molecule has 0 aromatic heterocycles. The van der Waals surface area contributed by atoms with Crippen LogP contribution >= 0.6 is 0 Å². The van der Waals surface area contributed by atoms with E-state index in [4.69, 9.17) is 5.73 Å². The molecule has 5 heteroatoms. The minimum absolute atomic E-state index is 0.0544. The summed E-state index contributed by atoms with van der Waals surface area (Å²) < 4.78 is 0. The Morgan fingerprint density at radius 2 is 2.00 bits per heavy atom. The fourth-order valence-electron chi connectivity index (χ4n) is 2.39. The molecule has 3 N–H and O–H groups in total. The molecule has 0 spiro atoms. The van der Waals surface area contributed by atoms with Crippen molar-refractivity contribution in [2.24, 2.45) is 5.73 Å². The molecule has 5 nitrogen and oxygen atoms in total. The maximum Gasteiger partial charge on any atom is 0.227 e. The maximum atomic E-state index is 11.7. The first-order valence-electron chi connectivity index (χ1n) is 7.30. The summed E-state index contributed by atoms with van der Waals surface area (Å²) in [7, 11) is 0. The van der Waals surface area contributed by atoms with Crippen LogP contribution in [0.25, 0.3) is 0 Å². The minimum Gasteiger partial charge on any atom is -0.352 e. The Labute approximate surface area is 125 Å². The number of carbonyl (C=O) groups is 2. The smallest absolute Gasteiger partial charge is 0.227 e. The summed E-state index contributed by atoms with van der Waals surface area (Å²) in [5.41, 5.74) is 7.25. The van der Waals surface area contributed by atoms with Crippen molar-refractivity contribution in [3.8, 4) is 0 Å². The van der Waals surface area contributed by atoms with Crippen molar-refractivity contribution in [1.82, 2.24) is 5.32 Å². The van der Waals surface area contributed by atoms with Crippen molar-refractivity contribution in [2.75, 3.05) is 11.4 Å². The van der Waals surface area contributed by atoms with Crippen LogP contribution in [0.15, 0.2) is 24.3 Å². The van der Waals surface area contributed by atoms with Gasteiger partial charge >= 0.3 is 0 Å². The largest absolute Gasteiger partial charge is 0.352 e. The molecular formula is C16H23N3O2. The molecule has 0 radical (unpaired) electrons. The first-order valence-corrected chi connectivity index (χ1v) is 7.30. The Hall–Kier alpha value is -1.88. The Morgan fingerprint density at radius 1 is 1.33 bits per heavy atom. The lowest BCUT2D eigenvalue weighted by Gasteiger charge is -2.18. The number of amides is 2. The molecule has 1 aliphatic heterocycles. The van der Waals surface area contributed by atoms with Crippen molar-refractivity contribution >= 4 is 17.5 Å². The minimum atomic E-state index is -0.496. The summed E-state index contributed by atoms with van der Waals surface area (Å²) in [6.07, 6.45) is 1.85. The first kappa shape index (κ1) is 15.5. The summed E-state index contributed by atoms with van der Waals surface area (Å²) in [6.45, 7) is 4.92. The molecule has 1 saturated heterocycles. The summed E-state index contributed by atoms with van der Waals surface area (Å²) in [5, 5.41) is 2.85. The zero-order chi connectivity index (χ0) is 15.5. The predicted octanol–water partition coefficient (Wildman–Crippen LogP) is 1.56. The molecule has 0 saturated carbocycles. The lowest BCUT2D eigenvalue weighted by molar-refractivity contribution is -0.122. The molecule has 0 aliphatic carbocycles. The van der Waals surface area contributed by atoms with Gasteiger partial charge in [0.2, 0.25) is 11.8 Å². The van der Waals surface area contributed by atoms with Crippen molar-refractivity contribution in [3.63, 3.8) is 0 Å². The highest BCUT2D eigenvalue weighted by molar-refractivity contribution is 5.95. The molecule has 1 aliphatic rings. The van der Waals surface area contributed by atoms with E-state index >= 15 is 0 Å². The number of carbonyl (C=O) groups excluding carboxylic acids is 2. The average molecular weight is 289 g/mol. The normalized spacial score (nSPS) is 15.4. The summed E-state index contributed by atoms with van der Waals surface area (Å²) in [4.78, 5) is 25.2. The summed E-state index contributed by atoms with van der Waals surface area (Å²) >= 11 is 0. The topological polar surface area (TPSA) is 75.4 Å². The van der Waals surface area contributed by atoms with Gasteiger partial charge in [0, 0.05) is 37.2 Å². The number of nitrogens with one attached hydrogen (secondary N) is 1. The van der Waals surface area contributed by atoms with E-state index in [1.165, 1.54) is 0 Å². The van der Waals surface area contributed by atoms with Gasteiger partial charge in [0.1, 0.15) is 0 Å². The quantitative estimate of drug-likeness (QED) is 0.863. The molecule has 1 heterocycles. The van der Waals surface area contributed by atoms with Gasteiger partial charge in [-0.2, -0.15) is 0 Å². The number of rotatable bonds is 5. The molecule has 2 amide bonds. The monoisotopic (exact) mass is 289 g/mol. The number of hydrogen-bond acceptors (Lipinski definition) is 3. The van der Waals surface area contributed by atoms with Gasteiger partial charge in [0.25, 0.3) is 0 Å². The zero-order valence-electron chi connectivity index (χ0n) is 12.7. The van der Waals surface area contributed by atoms with Gasteiger partial charge in [0.15, 0.2) is 0 Å². The second-order valence-corrected chi connectivity index (χ2v) is 6.26. The molecule has 21 heavy (non-hydrogen) atoms. The van der Waals surface area contributed by atoms with E-state index in [-0.39, 0.29) is 11.8 Å². The summed E-state index contributed by atoms with van der Waals surface area (Å²) in [5.74, 6) is 0.127. The third kappa shape index (κ3) is 4.56. The maximum absolute atomic E-state index is 11.7. The molecule has 0 atom stereocenters. The van der Waals surface area contributed by atoms with Gasteiger partial charge in [-0.05, 0) is 38.0 Å². The number of nitrogens with zero attached hydrogens (tertiary/aromatic N) is 1. The van der Waals surface area contributed by atoms with E-state index in [1.54, 1.807) is 4.90 Å². The van der Waals surface area contributed by atoms with E-state index in [0.717, 1.165) is 24.2 Å². The number of anilines is 1. The average Bonchev–Trinajstić information content (AvgIpc) is 2.81. The molecular weight excluding hydrogens is 266 g/mol. The van der Waals surface area contributed by atoms with E-state index in [0.29, 0.717) is 19.4 Å². The molecule has 1 fully saturated rings. The van der Waals surface area contributed by atoms with E-state index in [1.807, 2.05) is 38.1 Å². The van der Waals surface area contributed by atoms with Gasteiger partial charge in [-0.3, -0.25) is 9.59 Å². The Balaban J connectivity index is 1.88. The van der Waals surface area contributed by atoms with Crippen LogP contribution in [0, 0.1) is 0 Å². The van der Waals surface area contributed by atoms with E-state index in [9.17, 15) is 9.59 Å². The highest BCUT2D eigenvalue weighted by Crippen LogP contribution is 2.21. The standard InChI is InChI=1S/C16H23N3O2/c1-16(2,17)10-14(20)18-11-12-5-7-13(8-6-12)19-9-3-4-15(19)21/h5-8H,3-4,9-11,17H2,1-2H3,(H,18,20). The van der Waals surface area contributed by atoms with Gasteiger partial charge in [-0.1, -0.05) is 12.1 Å². The van der Waals surface area contributed by atoms with Crippen LogP contribution in [0.3, 0.4) is 0 Å². The lowest BCUT2D eigenvalue weighted by atomic mass is 10.0. The van der Waals surface area contributed by atoms with Crippen LogP contribution in [-0.4, -0.2) is 23.9 Å². The second-order valence-electron chi connectivity index (χ2n) is 6.26. The molecule has 1 aromatic rings. The Bertz CT molecular complexity index is 517. The van der Waals surface area contributed by atoms with Crippen LogP contribution in [0.4, 0.5) is 5.69 Å². The highest BCUT2D eigenvalue weighted by atomic mass is 16.2. The van der Waals surface area contributed by atoms with E-state index < -0.39 is 5.54 Å². The van der Waals surface area contributed by atoms with Crippen LogP contribution < -0.4 is 16.0 Å². The van der Waals surface area contributed by atoms with Crippen molar-refractivity contribution in [2.45, 2.75) is 45.2 Å². The summed E-state index contributed by atoms with van der Waals surface area (Å²) in [6, 6.07) is 7.73. The fraction of sp³-hybridized carbons (Fsp3) is 0.500. The third-order valence-corrected chi connectivity index (χ3v) is 3.43. The molecule has 1 aromatic carbocycles. The lowest BCUT2D eigenvalue weighted by Crippen LogP contribution is -2.38. The van der Waals surface area contributed by atoms with Crippen molar-refractivity contribution in [3.05, 3.63) is 29.8 Å². The number of benzene rings is 1. The number of hydrogen-bond donors (Lipinski definition) is 2. The highest BCUT2D eigenvalue weighted by Gasteiger charge is 2.21. The van der Waals surface area contributed by atoms with Gasteiger partial charge in [-0.15, -0.1) is 0 Å². The SMILES string of the molecule is CC(C)(N)CC(=O)NCc1ccc(N2CCCC2=O)cc1. The van der Waals surface area contributed by atoms with Gasteiger partial charge in [0.05, 0.1) is 0 Å².